The van der Waals surface area contributed by atoms with E-state index in [-0.39, 0.29) is 5.91 Å². The van der Waals surface area contributed by atoms with Crippen molar-refractivity contribution >= 4 is 17.7 Å². The number of hydrogen-bond donors (Lipinski definition) is 1. The van der Waals surface area contributed by atoms with Gasteiger partial charge >= 0.3 is 0 Å². The monoisotopic (exact) mass is 332 g/mol. The summed E-state index contributed by atoms with van der Waals surface area (Å²) in [5.41, 5.74) is 0.856. The minimum absolute atomic E-state index is 0.0236. The molecule has 0 spiro atoms. The van der Waals surface area contributed by atoms with Crippen LogP contribution in [0.1, 0.15) is 6.92 Å². The highest BCUT2D eigenvalue weighted by atomic mass is 32.2. The van der Waals surface area contributed by atoms with Gasteiger partial charge in [-0.25, -0.2) is 0 Å². The van der Waals surface area contributed by atoms with Crippen LogP contribution in [0.2, 0.25) is 0 Å². The molecule has 0 bridgehead atoms. The van der Waals surface area contributed by atoms with Crippen molar-refractivity contribution in [3.05, 3.63) is 36.9 Å². The van der Waals surface area contributed by atoms with Gasteiger partial charge in [0.05, 0.1) is 18.4 Å². The molecule has 1 amide bonds. The van der Waals surface area contributed by atoms with E-state index in [1.165, 1.54) is 11.8 Å². The summed E-state index contributed by atoms with van der Waals surface area (Å²) in [4.78, 5) is 11.6. The Morgan fingerprint density at radius 2 is 2.22 bits per heavy atom. The molecule has 23 heavy (non-hydrogen) atoms. The van der Waals surface area contributed by atoms with Crippen molar-refractivity contribution in [2.45, 2.75) is 18.6 Å². The van der Waals surface area contributed by atoms with Crippen LogP contribution in [0, 0.1) is 0 Å². The molecule has 0 aliphatic carbocycles. The van der Waals surface area contributed by atoms with Crippen LogP contribution in [0.25, 0.3) is 11.4 Å². The zero-order valence-electron chi connectivity index (χ0n) is 13.3. The molecule has 0 radical (unpaired) electrons. The van der Waals surface area contributed by atoms with Crippen LogP contribution in [0.3, 0.4) is 0 Å². The van der Waals surface area contributed by atoms with Gasteiger partial charge in [-0.15, -0.1) is 16.8 Å². The van der Waals surface area contributed by atoms with E-state index in [1.807, 2.05) is 35.8 Å². The summed E-state index contributed by atoms with van der Waals surface area (Å²) >= 11 is 1.35. The van der Waals surface area contributed by atoms with Gasteiger partial charge < -0.3 is 10.1 Å². The number of aromatic nitrogens is 3. The molecule has 0 aliphatic rings. The summed E-state index contributed by atoms with van der Waals surface area (Å²) in [6, 6.07) is 7.64. The highest BCUT2D eigenvalue weighted by molar-refractivity contribution is 7.99. The second kappa shape index (κ2) is 8.38. The van der Waals surface area contributed by atoms with Crippen LogP contribution >= 0.6 is 11.8 Å². The third-order valence-corrected chi connectivity index (χ3v) is 4.05. The molecule has 0 saturated carbocycles. The summed E-state index contributed by atoms with van der Waals surface area (Å²) in [6.07, 6.45) is 1.78. The average Bonchev–Trinajstić information content (AvgIpc) is 2.96. The number of carbonyl (C=O) groups is 1. The summed E-state index contributed by atoms with van der Waals surface area (Å²) in [7, 11) is 1.62. The maximum Gasteiger partial charge on any atom is 0.230 e. The van der Waals surface area contributed by atoms with E-state index in [0.717, 1.165) is 11.3 Å². The lowest BCUT2D eigenvalue weighted by Gasteiger charge is -2.10. The van der Waals surface area contributed by atoms with Gasteiger partial charge in [-0.2, -0.15) is 0 Å². The molecule has 6 nitrogen and oxygen atoms in total. The number of thioether (sulfide) groups is 1. The van der Waals surface area contributed by atoms with E-state index in [2.05, 4.69) is 22.1 Å². The van der Waals surface area contributed by atoms with Crippen molar-refractivity contribution in [2.75, 3.05) is 19.4 Å². The number of ether oxygens (including phenoxy) is 1. The Balaban J connectivity index is 2.31. The molecule has 1 N–H and O–H groups in total. The number of rotatable bonds is 8. The van der Waals surface area contributed by atoms with Gasteiger partial charge in [-0.1, -0.05) is 30.0 Å². The standard InChI is InChI=1S/C16H20N4O2S/c1-4-10-20-15(12-8-6-7-9-13(12)22-3)18-19-16(20)23-11-14(21)17-5-2/h4,6-9H,1,5,10-11H2,2-3H3,(H,17,21). The normalized spacial score (nSPS) is 10.3. The number of carbonyl (C=O) groups excluding carboxylic acids is 1. The molecule has 0 aliphatic heterocycles. The Morgan fingerprint density at radius 1 is 1.43 bits per heavy atom. The Labute approximate surface area is 139 Å². The van der Waals surface area contributed by atoms with Crippen LogP contribution in [0.5, 0.6) is 5.75 Å². The van der Waals surface area contributed by atoms with E-state index in [9.17, 15) is 4.79 Å². The number of allylic oxidation sites excluding steroid dienone is 1. The van der Waals surface area contributed by atoms with E-state index in [0.29, 0.717) is 29.8 Å². The lowest BCUT2D eigenvalue weighted by molar-refractivity contribution is -0.118. The second-order valence-electron chi connectivity index (χ2n) is 4.65. The van der Waals surface area contributed by atoms with Gasteiger partial charge in [0.1, 0.15) is 5.75 Å². The second-order valence-corrected chi connectivity index (χ2v) is 5.59. The SMILES string of the molecule is C=CCn1c(SCC(=O)NCC)nnc1-c1ccccc1OC. The van der Waals surface area contributed by atoms with Gasteiger partial charge in [-0.3, -0.25) is 9.36 Å². The van der Waals surface area contributed by atoms with Crippen molar-refractivity contribution in [1.29, 1.82) is 0 Å². The highest BCUT2D eigenvalue weighted by Gasteiger charge is 2.17. The quantitative estimate of drug-likeness (QED) is 0.594. The van der Waals surface area contributed by atoms with Gasteiger partial charge in [0.25, 0.3) is 0 Å². The molecule has 2 rings (SSSR count). The molecule has 1 aromatic heterocycles. The largest absolute Gasteiger partial charge is 0.496 e. The number of nitrogens with zero attached hydrogens (tertiary/aromatic N) is 3. The summed E-state index contributed by atoms with van der Waals surface area (Å²) in [5.74, 6) is 1.70. The molecule has 7 heteroatoms. The summed E-state index contributed by atoms with van der Waals surface area (Å²) in [5, 5.41) is 11.9. The average molecular weight is 332 g/mol. The summed E-state index contributed by atoms with van der Waals surface area (Å²) < 4.78 is 7.32. The summed E-state index contributed by atoms with van der Waals surface area (Å²) in [6.45, 7) is 6.84. The zero-order chi connectivity index (χ0) is 16.7. The minimum Gasteiger partial charge on any atom is -0.496 e. The van der Waals surface area contributed by atoms with E-state index < -0.39 is 0 Å². The van der Waals surface area contributed by atoms with Crippen LogP contribution < -0.4 is 10.1 Å². The van der Waals surface area contributed by atoms with Gasteiger partial charge in [-0.05, 0) is 19.1 Å². The van der Waals surface area contributed by atoms with Gasteiger partial charge in [0.15, 0.2) is 11.0 Å². The predicted octanol–water partition coefficient (Wildman–Crippen LogP) is 2.37. The van der Waals surface area contributed by atoms with Crippen LogP contribution in [-0.4, -0.2) is 40.1 Å². The van der Waals surface area contributed by atoms with Crippen molar-refractivity contribution in [2.24, 2.45) is 0 Å². The molecule has 122 valence electrons. The topological polar surface area (TPSA) is 69.0 Å². The van der Waals surface area contributed by atoms with Crippen LogP contribution in [0.15, 0.2) is 42.1 Å². The number of benzene rings is 1. The fourth-order valence-corrected chi connectivity index (χ4v) is 2.87. The first-order valence-corrected chi connectivity index (χ1v) is 8.26. The lowest BCUT2D eigenvalue weighted by Crippen LogP contribution is -2.24. The predicted molar refractivity (Wildman–Crippen MR) is 91.6 cm³/mol. The zero-order valence-corrected chi connectivity index (χ0v) is 14.1. The van der Waals surface area contributed by atoms with Crippen molar-refractivity contribution in [3.8, 4) is 17.1 Å². The first-order valence-electron chi connectivity index (χ1n) is 7.28. The highest BCUT2D eigenvalue weighted by Crippen LogP contribution is 2.30. The molecule has 1 heterocycles. The molecule has 2 aromatic rings. The van der Waals surface area contributed by atoms with Gasteiger partial charge in [0.2, 0.25) is 5.91 Å². The number of nitrogens with one attached hydrogen (secondary N) is 1. The van der Waals surface area contributed by atoms with E-state index >= 15 is 0 Å². The third kappa shape index (κ3) is 4.13. The van der Waals surface area contributed by atoms with Crippen LogP contribution in [-0.2, 0) is 11.3 Å². The number of para-hydroxylation sites is 1. The lowest BCUT2D eigenvalue weighted by atomic mass is 10.2. The minimum atomic E-state index is -0.0236. The molecule has 1 aromatic carbocycles. The number of methoxy groups -OCH3 is 1. The Bertz CT molecular complexity index is 684. The molecule has 0 fully saturated rings. The van der Waals surface area contributed by atoms with Crippen molar-refractivity contribution in [3.63, 3.8) is 0 Å². The molecule has 0 saturated heterocycles. The molecular formula is C16H20N4O2S. The fraction of sp³-hybridized carbons (Fsp3) is 0.312. The molecule has 0 unspecified atom stereocenters. The van der Waals surface area contributed by atoms with E-state index in [4.69, 9.17) is 4.74 Å². The Kier molecular flexibility index (Phi) is 6.22. The fourth-order valence-electron chi connectivity index (χ4n) is 2.10. The van der Waals surface area contributed by atoms with Crippen LogP contribution in [0.4, 0.5) is 0 Å². The molecule has 0 atom stereocenters. The smallest absolute Gasteiger partial charge is 0.230 e. The van der Waals surface area contributed by atoms with E-state index in [1.54, 1.807) is 13.2 Å². The Hall–Kier alpha value is -2.28. The molecular weight excluding hydrogens is 312 g/mol. The van der Waals surface area contributed by atoms with Gasteiger partial charge in [0, 0.05) is 13.1 Å². The maximum atomic E-state index is 11.6. The number of amides is 1. The third-order valence-electron chi connectivity index (χ3n) is 3.08. The van der Waals surface area contributed by atoms with Crippen molar-refractivity contribution in [1.82, 2.24) is 20.1 Å². The van der Waals surface area contributed by atoms with Crippen molar-refractivity contribution < 1.29 is 9.53 Å². The first kappa shape index (κ1) is 17.1. The Morgan fingerprint density at radius 3 is 2.91 bits per heavy atom. The maximum absolute atomic E-state index is 11.6. The number of hydrogen-bond acceptors (Lipinski definition) is 5. The first-order chi connectivity index (χ1) is 11.2.